The van der Waals surface area contributed by atoms with Gasteiger partial charge < -0.3 is 15.2 Å². The van der Waals surface area contributed by atoms with Crippen LogP contribution in [0, 0.1) is 5.82 Å². The lowest BCUT2D eigenvalue weighted by molar-refractivity contribution is 0.171. The fourth-order valence-electron chi connectivity index (χ4n) is 1.62. The number of rotatable bonds is 1. The number of nitrogens with zero attached hydrogens (tertiary/aromatic N) is 1. The van der Waals surface area contributed by atoms with E-state index in [4.69, 9.17) is 15.2 Å². The SMILES string of the molecule is Nc1cc(-c2ccc3c(c2F)OCO3)[nH]n1. The van der Waals surface area contributed by atoms with Gasteiger partial charge in [0, 0.05) is 11.6 Å². The molecular formula is C10H8FN3O2. The Kier molecular flexibility index (Phi) is 1.76. The van der Waals surface area contributed by atoms with E-state index >= 15 is 0 Å². The number of aromatic amines is 1. The largest absolute Gasteiger partial charge is 0.453 e. The summed E-state index contributed by atoms with van der Waals surface area (Å²) >= 11 is 0. The zero-order valence-electron chi connectivity index (χ0n) is 8.16. The Labute approximate surface area is 90.0 Å². The third-order valence-electron chi connectivity index (χ3n) is 2.37. The Bertz CT molecular complexity index is 553. The third kappa shape index (κ3) is 1.19. The van der Waals surface area contributed by atoms with Crippen molar-refractivity contribution >= 4 is 5.82 Å². The normalized spacial score (nSPS) is 13.1. The summed E-state index contributed by atoms with van der Waals surface area (Å²) in [6, 6.07) is 4.80. The molecule has 0 saturated heterocycles. The Morgan fingerprint density at radius 2 is 2.25 bits per heavy atom. The molecule has 2 aromatic rings. The maximum Gasteiger partial charge on any atom is 0.231 e. The van der Waals surface area contributed by atoms with Gasteiger partial charge in [0.05, 0.1) is 5.69 Å². The molecule has 0 atom stereocenters. The van der Waals surface area contributed by atoms with E-state index in [9.17, 15) is 4.39 Å². The minimum absolute atomic E-state index is 0.0425. The number of nitrogens with one attached hydrogen (secondary N) is 1. The molecule has 0 bridgehead atoms. The molecule has 1 aliphatic rings. The van der Waals surface area contributed by atoms with Gasteiger partial charge in [-0.15, -0.1) is 0 Å². The lowest BCUT2D eigenvalue weighted by Crippen LogP contribution is -1.94. The molecule has 1 aliphatic heterocycles. The summed E-state index contributed by atoms with van der Waals surface area (Å²) in [5, 5.41) is 6.38. The highest BCUT2D eigenvalue weighted by Gasteiger charge is 2.22. The zero-order chi connectivity index (χ0) is 11.1. The van der Waals surface area contributed by atoms with Gasteiger partial charge in [-0.3, -0.25) is 5.10 Å². The monoisotopic (exact) mass is 221 g/mol. The Hall–Kier alpha value is -2.24. The fourth-order valence-corrected chi connectivity index (χ4v) is 1.62. The van der Waals surface area contributed by atoms with Crippen LogP contribution < -0.4 is 15.2 Å². The van der Waals surface area contributed by atoms with Crippen LogP contribution in [0.2, 0.25) is 0 Å². The van der Waals surface area contributed by atoms with Crippen molar-refractivity contribution in [3.63, 3.8) is 0 Å². The second-order valence-electron chi connectivity index (χ2n) is 3.37. The molecule has 16 heavy (non-hydrogen) atoms. The molecular weight excluding hydrogens is 213 g/mol. The highest BCUT2D eigenvalue weighted by molar-refractivity contribution is 5.67. The average Bonchev–Trinajstić information content (AvgIpc) is 2.87. The zero-order valence-corrected chi connectivity index (χ0v) is 8.16. The molecule has 3 N–H and O–H groups in total. The van der Waals surface area contributed by atoms with Crippen molar-refractivity contribution in [1.29, 1.82) is 0 Å². The first-order valence-corrected chi connectivity index (χ1v) is 4.65. The van der Waals surface area contributed by atoms with Gasteiger partial charge in [0.2, 0.25) is 12.5 Å². The second-order valence-corrected chi connectivity index (χ2v) is 3.37. The van der Waals surface area contributed by atoms with Crippen LogP contribution in [-0.2, 0) is 0 Å². The van der Waals surface area contributed by atoms with Crippen LogP contribution in [0.1, 0.15) is 0 Å². The van der Waals surface area contributed by atoms with E-state index in [1.54, 1.807) is 18.2 Å². The number of anilines is 1. The number of nitrogens with two attached hydrogens (primary N) is 1. The van der Waals surface area contributed by atoms with Crippen LogP contribution in [0.4, 0.5) is 10.2 Å². The average molecular weight is 221 g/mol. The quantitative estimate of drug-likeness (QED) is 0.765. The van der Waals surface area contributed by atoms with Gasteiger partial charge >= 0.3 is 0 Å². The number of ether oxygens (including phenoxy) is 2. The number of H-pyrrole nitrogens is 1. The second kappa shape index (κ2) is 3.13. The van der Waals surface area contributed by atoms with Gasteiger partial charge in [-0.2, -0.15) is 5.10 Å². The van der Waals surface area contributed by atoms with Gasteiger partial charge in [-0.1, -0.05) is 0 Å². The van der Waals surface area contributed by atoms with Crippen molar-refractivity contribution < 1.29 is 13.9 Å². The molecule has 0 unspecified atom stereocenters. The number of hydrogen-bond acceptors (Lipinski definition) is 4. The number of nitrogen functional groups attached to an aromatic ring is 1. The first-order valence-electron chi connectivity index (χ1n) is 4.65. The van der Waals surface area contributed by atoms with Gasteiger partial charge in [0.15, 0.2) is 11.6 Å². The molecule has 0 aliphatic carbocycles. The minimum Gasteiger partial charge on any atom is -0.453 e. The van der Waals surface area contributed by atoms with Crippen LogP contribution in [0.15, 0.2) is 18.2 Å². The number of fused-ring (bicyclic) bond motifs is 1. The van der Waals surface area contributed by atoms with E-state index in [2.05, 4.69) is 10.2 Å². The molecule has 6 heteroatoms. The first kappa shape index (κ1) is 9.02. The summed E-state index contributed by atoms with van der Waals surface area (Å²) in [6.07, 6.45) is 0. The standard InChI is InChI=1S/C10H8FN3O2/c11-9-5(6-3-8(12)14-13-6)1-2-7-10(9)16-4-15-7/h1-3H,4H2,(H3,12,13,14). The summed E-state index contributed by atoms with van der Waals surface area (Å²) in [5.41, 5.74) is 6.32. The fraction of sp³-hybridized carbons (Fsp3) is 0.100. The van der Waals surface area contributed by atoms with Crippen molar-refractivity contribution in [3.8, 4) is 22.8 Å². The van der Waals surface area contributed by atoms with Crippen molar-refractivity contribution in [2.45, 2.75) is 0 Å². The van der Waals surface area contributed by atoms with Crippen molar-refractivity contribution in [1.82, 2.24) is 10.2 Å². The molecule has 0 fully saturated rings. The third-order valence-corrected chi connectivity index (χ3v) is 2.37. The topological polar surface area (TPSA) is 73.2 Å². The first-order chi connectivity index (χ1) is 7.75. The van der Waals surface area contributed by atoms with Crippen LogP contribution in [0.25, 0.3) is 11.3 Å². The summed E-state index contributed by atoms with van der Waals surface area (Å²) in [7, 11) is 0. The van der Waals surface area contributed by atoms with Gasteiger partial charge in [0.25, 0.3) is 0 Å². The van der Waals surface area contributed by atoms with Crippen LogP contribution in [0.5, 0.6) is 11.5 Å². The number of benzene rings is 1. The molecule has 1 aromatic heterocycles. The summed E-state index contributed by atoms with van der Waals surface area (Å²) in [5.74, 6) is 0.380. The number of hydrogen-bond donors (Lipinski definition) is 2. The maximum absolute atomic E-state index is 14.0. The van der Waals surface area contributed by atoms with E-state index in [0.717, 1.165) is 0 Å². The molecule has 2 heterocycles. The molecule has 82 valence electrons. The van der Waals surface area contributed by atoms with Gasteiger partial charge in [-0.25, -0.2) is 4.39 Å². The molecule has 3 rings (SSSR count). The Morgan fingerprint density at radius 3 is 3.00 bits per heavy atom. The molecule has 0 saturated carbocycles. The predicted octanol–water partition coefficient (Wildman–Crippen LogP) is 1.53. The van der Waals surface area contributed by atoms with Crippen LogP contribution >= 0.6 is 0 Å². The smallest absolute Gasteiger partial charge is 0.231 e. The Morgan fingerprint density at radius 1 is 1.38 bits per heavy atom. The predicted molar refractivity (Wildman–Crippen MR) is 54.5 cm³/mol. The Balaban J connectivity index is 2.15. The van der Waals surface area contributed by atoms with Crippen molar-refractivity contribution in [3.05, 3.63) is 24.0 Å². The van der Waals surface area contributed by atoms with Crippen molar-refractivity contribution in [2.75, 3.05) is 12.5 Å². The minimum atomic E-state index is -0.473. The van der Waals surface area contributed by atoms with Crippen LogP contribution in [-0.4, -0.2) is 17.0 Å². The maximum atomic E-state index is 14.0. The van der Waals surface area contributed by atoms with E-state index in [-0.39, 0.29) is 12.5 Å². The molecule has 5 nitrogen and oxygen atoms in total. The number of halogens is 1. The molecule has 0 radical (unpaired) electrons. The molecule has 0 spiro atoms. The van der Waals surface area contributed by atoms with Crippen LogP contribution in [0.3, 0.4) is 0 Å². The number of aromatic nitrogens is 2. The molecule has 1 aromatic carbocycles. The summed E-state index contributed by atoms with van der Waals surface area (Å²) in [6.45, 7) is 0.0425. The summed E-state index contributed by atoms with van der Waals surface area (Å²) < 4.78 is 24.1. The highest BCUT2D eigenvalue weighted by atomic mass is 19.1. The highest BCUT2D eigenvalue weighted by Crippen LogP contribution is 2.39. The van der Waals surface area contributed by atoms with E-state index in [1.165, 1.54) is 0 Å². The van der Waals surface area contributed by atoms with E-state index in [1.807, 2.05) is 0 Å². The summed E-state index contributed by atoms with van der Waals surface area (Å²) in [4.78, 5) is 0. The van der Waals surface area contributed by atoms with Gasteiger partial charge in [0.1, 0.15) is 5.82 Å². The molecule has 0 amide bonds. The lowest BCUT2D eigenvalue weighted by Gasteiger charge is -2.02. The lowest BCUT2D eigenvalue weighted by atomic mass is 10.1. The van der Waals surface area contributed by atoms with Crippen molar-refractivity contribution in [2.24, 2.45) is 0 Å². The van der Waals surface area contributed by atoms with Gasteiger partial charge in [-0.05, 0) is 12.1 Å². The van der Waals surface area contributed by atoms with E-state index in [0.29, 0.717) is 22.8 Å². The van der Waals surface area contributed by atoms with E-state index < -0.39 is 5.82 Å².